The number of hydrogen-bond acceptors (Lipinski definition) is 6. The topological polar surface area (TPSA) is 136 Å². The average Bonchev–Trinajstić information content (AvgIpc) is 3.66. The highest BCUT2D eigenvalue weighted by molar-refractivity contribution is 7.52. The number of amides is 3. The first-order valence-corrected chi connectivity index (χ1v) is 17.1. The van der Waals surface area contributed by atoms with E-state index in [0.29, 0.717) is 30.6 Å². The summed E-state index contributed by atoms with van der Waals surface area (Å²) in [5.41, 5.74) is -5.32. The second-order valence-electron chi connectivity index (χ2n) is 12.6. The predicted molar refractivity (Wildman–Crippen MR) is 165 cm³/mol. The molecule has 0 bridgehead atoms. The van der Waals surface area contributed by atoms with E-state index < -0.39 is 54.2 Å². The number of alkyl halides is 2. The van der Waals surface area contributed by atoms with Crippen molar-refractivity contribution in [1.82, 2.24) is 15.1 Å². The lowest BCUT2D eigenvalue weighted by Gasteiger charge is -2.38. The molecule has 10 nitrogen and oxygen atoms in total. The summed E-state index contributed by atoms with van der Waals surface area (Å²) < 4.78 is 59.6. The van der Waals surface area contributed by atoms with Crippen LogP contribution in [0.15, 0.2) is 48.5 Å². The highest BCUT2D eigenvalue weighted by Gasteiger charge is 2.50. The summed E-state index contributed by atoms with van der Waals surface area (Å²) in [5, 5.41) is 2.97. The molecule has 3 aromatic rings. The molecular formula is C31H35F3N3O7PS. The van der Waals surface area contributed by atoms with E-state index in [1.807, 2.05) is 0 Å². The van der Waals surface area contributed by atoms with Gasteiger partial charge >= 0.3 is 13.3 Å². The van der Waals surface area contributed by atoms with Crippen LogP contribution in [0.2, 0.25) is 0 Å². The van der Waals surface area contributed by atoms with Gasteiger partial charge in [-0.25, -0.2) is 4.39 Å². The average molecular weight is 682 g/mol. The van der Waals surface area contributed by atoms with E-state index in [2.05, 4.69) is 5.32 Å². The van der Waals surface area contributed by atoms with Crippen molar-refractivity contribution >= 4 is 46.7 Å². The van der Waals surface area contributed by atoms with Crippen LogP contribution < -0.4 is 5.32 Å². The molecular weight excluding hydrogens is 646 g/mol. The van der Waals surface area contributed by atoms with E-state index in [0.717, 1.165) is 29.0 Å². The number of thiophene rings is 1. The Balaban J connectivity index is 1.32. The minimum atomic E-state index is -5.78. The molecule has 2 aliphatic heterocycles. The Kier molecular flexibility index (Phi) is 9.42. The standard InChI is InChI=1S/C31H35F3N3O7PS/c1-30(2,3)26(35-27(38)25-16-19-15-20(8-11-24(19)46-25)31(33,34)45(41,42)43)29(40)37-12-4-5-22(37)28(39)36-13-14-44-23(17-36)18-6-9-21(32)10-7-18/h6-11,15-16,22-23,26H,4-5,12-14,17H2,1-3H3,(H,35,38)(H2,41,42,43)/t22-,23?,26?/m0/s1. The monoisotopic (exact) mass is 681 g/mol. The Morgan fingerprint density at radius 1 is 1.07 bits per heavy atom. The van der Waals surface area contributed by atoms with Crippen molar-refractivity contribution in [2.24, 2.45) is 5.41 Å². The molecule has 0 spiro atoms. The number of morpholine rings is 1. The summed E-state index contributed by atoms with van der Waals surface area (Å²) in [5.74, 6) is -1.66. The second kappa shape index (κ2) is 12.7. The van der Waals surface area contributed by atoms with Gasteiger partial charge in [-0.1, -0.05) is 39.0 Å². The van der Waals surface area contributed by atoms with Crippen LogP contribution in [0.3, 0.4) is 0 Å². The first-order valence-electron chi connectivity index (χ1n) is 14.7. The zero-order valence-corrected chi connectivity index (χ0v) is 27.1. The third-order valence-corrected chi connectivity index (χ3v) is 10.4. The summed E-state index contributed by atoms with van der Waals surface area (Å²) in [6.45, 7) is 6.52. The van der Waals surface area contributed by atoms with Crippen LogP contribution in [0.1, 0.15) is 60.5 Å². The number of fused-ring (bicyclic) bond motifs is 1. The number of ether oxygens (including phenoxy) is 1. The smallest absolute Gasteiger partial charge is 0.370 e. The van der Waals surface area contributed by atoms with Gasteiger partial charge in [0.25, 0.3) is 5.91 Å². The number of carbonyl (C=O) groups excluding carboxylic acids is 3. The van der Waals surface area contributed by atoms with Crippen LogP contribution in [-0.2, 0) is 24.6 Å². The molecule has 46 heavy (non-hydrogen) atoms. The summed E-state index contributed by atoms with van der Waals surface area (Å²) in [4.78, 5) is 62.7. The van der Waals surface area contributed by atoms with E-state index in [1.54, 1.807) is 37.8 Å². The Hall–Kier alpha value is -3.29. The van der Waals surface area contributed by atoms with E-state index in [4.69, 9.17) is 14.5 Å². The zero-order chi connectivity index (χ0) is 33.6. The maximum Gasteiger partial charge on any atom is 0.399 e. The van der Waals surface area contributed by atoms with Gasteiger partial charge in [0.1, 0.15) is 24.0 Å². The van der Waals surface area contributed by atoms with Gasteiger partial charge in [0.15, 0.2) is 0 Å². The fourth-order valence-corrected chi connectivity index (χ4v) is 7.18. The summed E-state index contributed by atoms with van der Waals surface area (Å²) in [7, 11) is -5.78. The number of nitrogens with one attached hydrogen (secondary N) is 1. The number of halogens is 3. The van der Waals surface area contributed by atoms with Crippen LogP contribution in [0, 0.1) is 11.2 Å². The highest BCUT2D eigenvalue weighted by Crippen LogP contribution is 2.59. The second-order valence-corrected chi connectivity index (χ2v) is 15.3. The summed E-state index contributed by atoms with van der Waals surface area (Å²) in [6, 6.07) is 8.54. The Morgan fingerprint density at radius 3 is 2.41 bits per heavy atom. The van der Waals surface area contributed by atoms with Crippen LogP contribution in [0.4, 0.5) is 13.2 Å². The first-order chi connectivity index (χ1) is 21.5. The van der Waals surface area contributed by atoms with Crippen molar-refractivity contribution in [3.63, 3.8) is 0 Å². The molecule has 2 unspecified atom stereocenters. The number of nitrogens with zero attached hydrogens (tertiary/aromatic N) is 2. The molecule has 2 fully saturated rings. The third kappa shape index (κ3) is 6.86. The molecule has 0 radical (unpaired) electrons. The molecule has 2 aromatic carbocycles. The lowest BCUT2D eigenvalue weighted by molar-refractivity contribution is -0.150. The van der Waals surface area contributed by atoms with E-state index >= 15 is 0 Å². The van der Waals surface area contributed by atoms with Crippen LogP contribution >= 0.6 is 18.9 Å². The minimum absolute atomic E-state index is 0.114. The van der Waals surface area contributed by atoms with Gasteiger partial charge < -0.3 is 29.6 Å². The SMILES string of the molecule is CC(C)(C)C(NC(=O)c1cc2cc(C(F)(F)P(=O)(O)O)ccc2s1)C(=O)N1CCC[C@H]1C(=O)N1CCOC(c2ccc(F)cc2)C1. The number of hydrogen-bond donors (Lipinski definition) is 3. The molecule has 0 aliphatic carbocycles. The van der Waals surface area contributed by atoms with Gasteiger partial charge in [0.05, 0.1) is 18.0 Å². The molecule has 3 amide bonds. The Morgan fingerprint density at radius 2 is 1.76 bits per heavy atom. The number of carbonyl (C=O) groups is 3. The molecule has 3 N–H and O–H groups in total. The van der Waals surface area contributed by atoms with Gasteiger partial charge in [-0.15, -0.1) is 11.3 Å². The summed E-state index contributed by atoms with van der Waals surface area (Å²) >= 11 is 0.983. The fourth-order valence-electron chi connectivity index (χ4n) is 5.75. The molecule has 2 saturated heterocycles. The largest absolute Gasteiger partial charge is 0.399 e. The number of rotatable bonds is 7. The Labute approximate surface area is 267 Å². The van der Waals surface area contributed by atoms with Crippen LogP contribution in [-0.4, -0.2) is 75.6 Å². The molecule has 15 heteroatoms. The minimum Gasteiger partial charge on any atom is -0.370 e. The van der Waals surface area contributed by atoms with Crippen molar-refractivity contribution in [3.8, 4) is 0 Å². The van der Waals surface area contributed by atoms with Crippen molar-refractivity contribution < 1.29 is 46.6 Å². The van der Waals surface area contributed by atoms with Crippen molar-refractivity contribution in [2.45, 2.75) is 57.5 Å². The van der Waals surface area contributed by atoms with Gasteiger partial charge in [-0.05, 0) is 59.5 Å². The quantitative estimate of drug-likeness (QED) is 0.299. The molecule has 5 rings (SSSR count). The molecule has 3 heterocycles. The summed E-state index contributed by atoms with van der Waals surface area (Å²) in [6.07, 6.45) is 0.605. The van der Waals surface area contributed by atoms with Gasteiger partial charge in [-0.2, -0.15) is 8.78 Å². The maximum absolute atomic E-state index is 14.3. The van der Waals surface area contributed by atoms with E-state index in [1.165, 1.54) is 29.2 Å². The molecule has 0 saturated carbocycles. The molecule has 3 atom stereocenters. The first kappa shape index (κ1) is 34.1. The maximum atomic E-state index is 14.3. The fraction of sp³-hybridized carbons (Fsp3) is 0.452. The zero-order valence-electron chi connectivity index (χ0n) is 25.4. The lowest BCUT2D eigenvalue weighted by Crippen LogP contribution is -2.58. The van der Waals surface area contributed by atoms with Gasteiger partial charge in [0, 0.05) is 23.4 Å². The van der Waals surface area contributed by atoms with Crippen molar-refractivity contribution in [1.29, 1.82) is 0 Å². The Bertz CT molecular complexity index is 1690. The molecule has 1 aromatic heterocycles. The van der Waals surface area contributed by atoms with Crippen LogP contribution in [0.25, 0.3) is 10.1 Å². The van der Waals surface area contributed by atoms with E-state index in [-0.39, 0.29) is 35.1 Å². The number of benzene rings is 2. The molecule has 248 valence electrons. The van der Waals surface area contributed by atoms with Gasteiger partial charge in [-0.3, -0.25) is 18.9 Å². The van der Waals surface area contributed by atoms with Crippen molar-refractivity contribution in [2.75, 3.05) is 26.2 Å². The number of likely N-dealkylation sites (tertiary alicyclic amines) is 1. The van der Waals surface area contributed by atoms with Crippen molar-refractivity contribution in [3.05, 3.63) is 70.4 Å². The lowest BCUT2D eigenvalue weighted by atomic mass is 9.85. The third-order valence-electron chi connectivity index (χ3n) is 8.28. The predicted octanol–water partition coefficient (Wildman–Crippen LogP) is 5.00. The van der Waals surface area contributed by atoms with Gasteiger partial charge in [0.2, 0.25) is 11.8 Å². The molecule has 2 aliphatic rings. The van der Waals surface area contributed by atoms with Crippen LogP contribution in [0.5, 0.6) is 0 Å². The van der Waals surface area contributed by atoms with E-state index in [9.17, 15) is 32.1 Å². The normalized spacial score (nSPS) is 20.2. The highest BCUT2D eigenvalue weighted by atomic mass is 32.1.